The predicted octanol–water partition coefficient (Wildman–Crippen LogP) is 2.67. The molecule has 21 heavy (non-hydrogen) atoms. The smallest absolute Gasteiger partial charge is 0.174 e. The molecule has 1 aliphatic heterocycles. The minimum Gasteiger partial charge on any atom is -0.355 e. The lowest BCUT2D eigenvalue weighted by molar-refractivity contribution is 0.938. The van der Waals surface area contributed by atoms with E-state index in [9.17, 15) is 0 Å². The maximum absolute atomic E-state index is 7.52. The van der Waals surface area contributed by atoms with Gasteiger partial charge in [-0.25, -0.2) is 15.0 Å². The Kier molecular flexibility index (Phi) is 2.71. The van der Waals surface area contributed by atoms with E-state index in [0.717, 1.165) is 37.3 Å². The molecule has 3 aromatic rings. The van der Waals surface area contributed by atoms with Crippen LogP contribution in [0.4, 0.5) is 5.82 Å². The number of anilines is 1. The van der Waals surface area contributed by atoms with Crippen LogP contribution in [-0.2, 0) is 0 Å². The minimum absolute atomic E-state index is 0.0984. The van der Waals surface area contributed by atoms with Gasteiger partial charge in [0.2, 0.25) is 0 Å². The fourth-order valence-corrected chi connectivity index (χ4v) is 2.99. The highest BCUT2D eigenvalue weighted by molar-refractivity contribution is 6.36. The molecule has 0 unspecified atom stereocenters. The van der Waals surface area contributed by atoms with Crippen molar-refractivity contribution >= 4 is 28.6 Å². The number of H-pyrrole nitrogens is 1. The summed E-state index contributed by atoms with van der Waals surface area (Å²) in [5, 5.41) is 7.66. The molecule has 4 heterocycles. The standard InChI is InChI=1S/C14H13ClN6/c15-10-9(3-4-18-14(10)21-7-1-2-8-21)11-12-13(20-19-11)17-6-5-16-12/h3-6H,1-2,7-8H2,(H,17,19,20)/i6D. The van der Waals surface area contributed by atoms with Crippen molar-refractivity contribution < 1.29 is 1.37 Å². The van der Waals surface area contributed by atoms with Gasteiger partial charge in [0.1, 0.15) is 17.0 Å². The van der Waals surface area contributed by atoms with Gasteiger partial charge < -0.3 is 4.90 Å². The SMILES string of the molecule is [2H]c1cnc2c(-c3ccnc(N4CCCC4)c3Cl)n[nH]c2n1. The summed E-state index contributed by atoms with van der Waals surface area (Å²) in [5.74, 6) is 0.790. The molecular formula is C14H13ClN6. The molecule has 1 aliphatic rings. The lowest BCUT2D eigenvalue weighted by Gasteiger charge is -2.18. The normalized spacial score (nSPS) is 15.7. The Morgan fingerprint density at radius 1 is 1.19 bits per heavy atom. The first-order chi connectivity index (χ1) is 10.7. The highest BCUT2D eigenvalue weighted by Gasteiger charge is 2.21. The van der Waals surface area contributed by atoms with E-state index < -0.39 is 0 Å². The molecule has 0 aliphatic carbocycles. The Bertz CT molecular complexity index is 842. The molecule has 1 N–H and O–H groups in total. The maximum atomic E-state index is 7.52. The van der Waals surface area contributed by atoms with Crippen LogP contribution < -0.4 is 4.90 Å². The van der Waals surface area contributed by atoms with Gasteiger partial charge in [-0.15, -0.1) is 0 Å². The van der Waals surface area contributed by atoms with Crippen LogP contribution in [0.2, 0.25) is 5.02 Å². The second kappa shape index (κ2) is 4.96. The van der Waals surface area contributed by atoms with E-state index in [1.165, 1.54) is 6.20 Å². The maximum Gasteiger partial charge on any atom is 0.174 e. The summed E-state index contributed by atoms with van der Waals surface area (Å²) in [5.41, 5.74) is 2.50. The predicted molar refractivity (Wildman–Crippen MR) is 81.4 cm³/mol. The van der Waals surface area contributed by atoms with Gasteiger partial charge >= 0.3 is 0 Å². The number of aromatic nitrogens is 5. The Morgan fingerprint density at radius 2 is 2.05 bits per heavy atom. The monoisotopic (exact) mass is 301 g/mol. The molecule has 0 radical (unpaired) electrons. The summed E-state index contributed by atoms with van der Waals surface area (Å²) < 4.78 is 7.52. The van der Waals surface area contributed by atoms with E-state index in [-0.39, 0.29) is 6.17 Å². The number of aromatic amines is 1. The Labute approximate surface area is 127 Å². The van der Waals surface area contributed by atoms with E-state index in [0.29, 0.717) is 21.9 Å². The summed E-state index contributed by atoms with van der Waals surface area (Å²) in [6.45, 7) is 1.94. The first kappa shape index (κ1) is 11.4. The molecular weight excluding hydrogens is 288 g/mol. The minimum atomic E-state index is 0.0984. The zero-order valence-corrected chi connectivity index (χ0v) is 11.9. The van der Waals surface area contributed by atoms with Crippen LogP contribution in [0.1, 0.15) is 14.2 Å². The van der Waals surface area contributed by atoms with Gasteiger partial charge in [-0.1, -0.05) is 11.6 Å². The fourth-order valence-electron chi connectivity index (χ4n) is 2.67. The van der Waals surface area contributed by atoms with E-state index in [2.05, 4.69) is 30.0 Å². The van der Waals surface area contributed by atoms with Gasteiger partial charge in [0.15, 0.2) is 5.65 Å². The average molecular weight is 302 g/mol. The van der Waals surface area contributed by atoms with E-state index in [4.69, 9.17) is 13.0 Å². The second-order valence-corrected chi connectivity index (χ2v) is 5.34. The van der Waals surface area contributed by atoms with Gasteiger partial charge in [-0.3, -0.25) is 5.10 Å². The lowest BCUT2D eigenvalue weighted by atomic mass is 10.1. The van der Waals surface area contributed by atoms with Crippen molar-refractivity contribution in [2.24, 2.45) is 0 Å². The van der Waals surface area contributed by atoms with Gasteiger partial charge in [-0.2, -0.15) is 5.10 Å². The van der Waals surface area contributed by atoms with E-state index in [1.807, 2.05) is 6.07 Å². The fraction of sp³-hybridized carbons (Fsp3) is 0.286. The molecule has 0 bridgehead atoms. The molecule has 1 fully saturated rings. The highest BCUT2D eigenvalue weighted by atomic mass is 35.5. The van der Waals surface area contributed by atoms with Gasteiger partial charge in [0.05, 0.1) is 6.39 Å². The number of fused-ring (bicyclic) bond motifs is 1. The number of halogens is 1. The van der Waals surface area contributed by atoms with E-state index in [1.54, 1.807) is 6.20 Å². The van der Waals surface area contributed by atoms with Crippen LogP contribution in [0.3, 0.4) is 0 Å². The first-order valence-corrected chi connectivity index (χ1v) is 7.19. The van der Waals surface area contributed by atoms with Crippen LogP contribution in [0.15, 0.2) is 24.6 Å². The largest absolute Gasteiger partial charge is 0.355 e. The van der Waals surface area contributed by atoms with Crippen LogP contribution >= 0.6 is 11.6 Å². The van der Waals surface area contributed by atoms with Gasteiger partial charge in [0, 0.05) is 37.2 Å². The number of hydrogen-bond acceptors (Lipinski definition) is 5. The quantitative estimate of drug-likeness (QED) is 0.788. The number of rotatable bonds is 2. The van der Waals surface area contributed by atoms with E-state index >= 15 is 0 Å². The number of nitrogens with zero attached hydrogens (tertiary/aromatic N) is 5. The summed E-state index contributed by atoms with van der Waals surface area (Å²) in [6.07, 6.45) is 5.55. The second-order valence-electron chi connectivity index (χ2n) is 4.96. The summed E-state index contributed by atoms with van der Waals surface area (Å²) in [4.78, 5) is 14.9. The topological polar surface area (TPSA) is 70.6 Å². The van der Waals surface area contributed by atoms with Crippen LogP contribution in [0, 0.1) is 0 Å². The van der Waals surface area contributed by atoms with Crippen molar-refractivity contribution in [1.29, 1.82) is 0 Å². The van der Waals surface area contributed by atoms with Crippen molar-refractivity contribution in [1.82, 2.24) is 25.1 Å². The van der Waals surface area contributed by atoms with Crippen molar-refractivity contribution in [2.75, 3.05) is 18.0 Å². The lowest BCUT2D eigenvalue weighted by Crippen LogP contribution is -2.19. The van der Waals surface area contributed by atoms with Crippen LogP contribution in [0.5, 0.6) is 0 Å². The Morgan fingerprint density at radius 3 is 2.90 bits per heavy atom. The summed E-state index contributed by atoms with van der Waals surface area (Å²) in [6, 6.07) is 1.83. The third kappa shape index (κ3) is 2.03. The van der Waals surface area contributed by atoms with Crippen molar-refractivity contribution in [3.63, 3.8) is 0 Å². The molecule has 4 rings (SSSR count). The Balaban J connectivity index is 1.86. The molecule has 0 atom stereocenters. The van der Waals surface area contributed by atoms with Gasteiger partial charge in [0.25, 0.3) is 0 Å². The third-order valence-corrected chi connectivity index (χ3v) is 4.05. The average Bonchev–Trinajstić information content (AvgIpc) is 3.16. The molecule has 3 aromatic heterocycles. The molecule has 0 spiro atoms. The third-order valence-electron chi connectivity index (χ3n) is 3.68. The summed E-state index contributed by atoms with van der Waals surface area (Å²) >= 11 is 6.57. The highest BCUT2D eigenvalue weighted by Crippen LogP contribution is 2.36. The Hall–Kier alpha value is -2.21. The number of pyridine rings is 1. The van der Waals surface area contributed by atoms with Crippen molar-refractivity contribution in [3.8, 4) is 11.3 Å². The zero-order chi connectivity index (χ0) is 15.1. The zero-order valence-electron chi connectivity index (χ0n) is 12.2. The number of nitrogens with one attached hydrogen (secondary N) is 1. The van der Waals surface area contributed by atoms with Gasteiger partial charge in [-0.05, 0) is 18.9 Å². The first-order valence-electron chi connectivity index (χ1n) is 7.31. The van der Waals surface area contributed by atoms with Crippen LogP contribution in [0.25, 0.3) is 22.4 Å². The number of hydrogen-bond donors (Lipinski definition) is 1. The molecule has 1 saturated heterocycles. The van der Waals surface area contributed by atoms with Crippen molar-refractivity contribution in [2.45, 2.75) is 12.8 Å². The molecule has 0 aromatic carbocycles. The molecule has 7 heteroatoms. The van der Waals surface area contributed by atoms with Crippen LogP contribution in [-0.4, -0.2) is 38.2 Å². The molecule has 106 valence electrons. The molecule has 0 amide bonds. The molecule has 0 saturated carbocycles. The van der Waals surface area contributed by atoms with Crippen molar-refractivity contribution in [3.05, 3.63) is 29.7 Å². The summed E-state index contributed by atoms with van der Waals surface area (Å²) in [7, 11) is 0. The molecule has 6 nitrogen and oxygen atoms in total.